The molecule has 2 aromatic rings. The molecule has 0 atom stereocenters. The number of halogens is 3. The molecule has 0 saturated carbocycles. The zero-order chi connectivity index (χ0) is 12.6. The number of thiophene rings is 1. The Bertz CT molecular complexity index is 597. The molecule has 2 N–H and O–H groups in total. The fourth-order valence-corrected chi connectivity index (χ4v) is 2.78. The van der Waals surface area contributed by atoms with Crippen molar-refractivity contribution in [3.05, 3.63) is 49.9 Å². The van der Waals surface area contributed by atoms with E-state index >= 15 is 0 Å². The zero-order valence-corrected chi connectivity index (χ0v) is 10.7. The Balaban J connectivity index is 2.44. The molecule has 0 aliphatic rings. The predicted octanol–water partition coefficient (Wildman–Crippen LogP) is 4.01. The third-order valence-electron chi connectivity index (χ3n) is 2.16. The van der Waals surface area contributed by atoms with E-state index < -0.39 is 5.82 Å². The van der Waals surface area contributed by atoms with Crippen LogP contribution >= 0.6 is 34.5 Å². The van der Waals surface area contributed by atoms with Gasteiger partial charge < -0.3 is 5.73 Å². The van der Waals surface area contributed by atoms with Crippen LogP contribution in [0.15, 0.2) is 24.3 Å². The van der Waals surface area contributed by atoms with Crippen LogP contribution in [0.5, 0.6) is 0 Å². The minimum atomic E-state index is -0.631. The van der Waals surface area contributed by atoms with Crippen LogP contribution in [-0.2, 0) is 0 Å². The summed E-state index contributed by atoms with van der Waals surface area (Å²) < 4.78 is 13.9. The van der Waals surface area contributed by atoms with E-state index in [-0.39, 0.29) is 26.9 Å². The second-order valence-electron chi connectivity index (χ2n) is 3.30. The van der Waals surface area contributed by atoms with Gasteiger partial charge in [0.1, 0.15) is 10.2 Å². The standard InChI is InChI=1S/C11H6Cl2FNOS/c12-9-4-6(11(13)17-9)10(16)5-1-2-8(15)7(14)3-5/h1-4H,15H2. The molecule has 1 aromatic heterocycles. The van der Waals surface area contributed by atoms with Crippen molar-refractivity contribution in [2.45, 2.75) is 0 Å². The second kappa shape index (κ2) is 4.64. The highest BCUT2D eigenvalue weighted by atomic mass is 35.5. The molecule has 0 bridgehead atoms. The van der Waals surface area contributed by atoms with E-state index in [1.54, 1.807) is 0 Å². The fourth-order valence-electron chi connectivity index (χ4n) is 1.32. The lowest BCUT2D eigenvalue weighted by atomic mass is 10.1. The van der Waals surface area contributed by atoms with Crippen LogP contribution in [0.4, 0.5) is 10.1 Å². The highest BCUT2D eigenvalue weighted by Crippen LogP contribution is 2.32. The summed E-state index contributed by atoms with van der Waals surface area (Å²) in [6, 6.07) is 5.33. The van der Waals surface area contributed by atoms with Gasteiger partial charge in [-0.05, 0) is 24.3 Å². The van der Waals surface area contributed by atoms with E-state index in [4.69, 9.17) is 28.9 Å². The number of carbonyl (C=O) groups excluding carboxylic acids is 1. The van der Waals surface area contributed by atoms with Crippen LogP contribution < -0.4 is 5.73 Å². The number of rotatable bonds is 2. The van der Waals surface area contributed by atoms with Crippen molar-refractivity contribution in [2.24, 2.45) is 0 Å². The Kier molecular flexibility index (Phi) is 3.38. The molecule has 0 saturated heterocycles. The van der Waals surface area contributed by atoms with Gasteiger partial charge in [0.05, 0.1) is 15.6 Å². The highest BCUT2D eigenvalue weighted by Gasteiger charge is 2.17. The maximum atomic E-state index is 13.2. The van der Waals surface area contributed by atoms with Crippen molar-refractivity contribution < 1.29 is 9.18 Å². The number of anilines is 1. The van der Waals surface area contributed by atoms with Crippen molar-refractivity contribution >= 4 is 46.0 Å². The molecular formula is C11H6Cl2FNOS. The van der Waals surface area contributed by atoms with Gasteiger partial charge in [-0.2, -0.15) is 0 Å². The largest absolute Gasteiger partial charge is 0.396 e. The van der Waals surface area contributed by atoms with E-state index in [0.717, 1.165) is 17.4 Å². The highest BCUT2D eigenvalue weighted by molar-refractivity contribution is 7.20. The van der Waals surface area contributed by atoms with E-state index in [9.17, 15) is 9.18 Å². The number of hydrogen-bond donors (Lipinski definition) is 1. The molecule has 6 heteroatoms. The molecule has 1 heterocycles. The zero-order valence-electron chi connectivity index (χ0n) is 8.34. The lowest BCUT2D eigenvalue weighted by molar-refractivity contribution is 0.103. The van der Waals surface area contributed by atoms with Crippen LogP contribution in [0.1, 0.15) is 15.9 Å². The summed E-state index contributed by atoms with van der Waals surface area (Å²) in [5, 5.41) is 0. The summed E-state index contributed by atoms with van der Waals surface area (Å²) in [6.07, 6.45) is 0. The average Bonchev–Trinajstić information content (AvgIpc) is 2.61. The molecule has 0 spiro atoms. The normalized spacial score (nSPS) is 10.5. The third-order valence-corrected chi connectivity index (χ3v) is 3.65. The molecule has 88 valence electrons. The first-order valence-corrected chi connectivity index (χ1v) is 6.11. The summed E-state index contributed by atoms with van der Waals surface area (Å²) >= 11 is 12.7. The fraction of sp³-hybridized carbons (Fsp3) is 0. The lowest BCUT2D eigenvalue weighted by Crippen LogP contribution is -2.02. The minimum absolute atomic E-state index is 0.00371. The van der Waals surface area contributed by atoms with E-state index in [2.05, 4.69) is 0 Å². The van der Waals surface area contributed by atoms with Gasteiger partial charge in [-0.15, -0.1) is 11.3 Å². The topological polar surface area (TPSA) is 43.1 Å². The quantitative estimate of drug-likeness (QED) is 0.671. The van der Waals surface area contributed by atoms with Crippen molar-refractivity contribution in [2.75, 3.05) is 5.73 Å². The number of ketones is 1. The summed E-state index contributed by atoms with van der Waals surface area (Å²) in [5.74, 6) is -1.01. The van der Waals surface area contributed by atoms with Crippen LogP contribution in [-0.4, -0.2) is 5.78 Å². The summed E-state index contributed by atoms with van der Waals surface area (Å²) in [5.41, 5.74) is 5.78. The van der Waals surface area contributed by atoms with Crippen LogP contribution in [0.25, 0.3) is 0 Å². The van der Waals surface area contributed by atoms with Crippen LogP contribution in [0.2, 0.25) is 8.67 Å². The SMILES string of the molecule is Nc1ccc(C(=O)c2cc(Cl)sc2Cl)cc1F. The maximum Gasteiger partial charge on any atom is 0.195 e. The monoisotopic (exact) mass is 289 g/mol. The molecule has 1 aromatic carbocycles. The van der Waals surface area contributed by atoms with Crippen LogP contribution in [0.3, 0.4) is 0 Å². The van der Waals surface area contributed by atoms with Gasteiger partial charge in [-0.25, -0.2) is 4.39 Å². The molecule has 0 unspecified atom stereocenters. The number of hydrogen-bond acceptors (Lipinski definition) is 3. The Hall–Kier alpha value is -1.10. The number of benzene rings is 1. The number of nitrogens with two attached hydrogens (primary N) is 1. The molecule has 0 aliphatic carbocycles. The van der Waals surface area contributed by atoms with E-state index in [1.807, 2.05) is 0 Å². The molecule has 2 rings (SSSR count). The smallest absolute Gasteiger partial charge is 0.195 e. The Morgan fingerprint density at radius 3 is 2.53 bits per heavy atom. The first-order chi connectivity index (χ1) is 7.99. The molecular weight excluding hydrogens is 284 g/mol. The molecule has 2 nitrogen and oxygen atoms in total. The van der Waals surface area contributed by atoms with Crippen molar-refractivity contribution in [1.29, 1.82) is 0 Å². The number of nitrogen functional groups attached to an aromatic ring is 1. The van der Waals surface area contributed by atoms with E-state index in [1.165, 1.54) is 18.2 Å². The van der Waals surface area contributed by atoms with Gasteiger partial charge in [0.25, 0.3) is 0 Å². The lowest BCUT2D eigenvalue weighted by Gasteiger charge is -2.01. The van der Waals surface area contributed by atoms with Crippen LogP contribution in [0, 0.1) is 5.82 Å². The molecule has 0 radical (unpaired) electrons. The Morgan fingerprint density at radius 1 is 1.29 bits per heavy atom. The van der Waals surface area contributed by atoms with Gasteiger partial charge in [-0.3, -0.25) is 4.79 Å². The summed E-state index contributed by atoms with van der Waals surface area (Å²) in [7, 11) is 0. The van der Waals surface area contributed by atoms with Gasteiger partial charge in [0.15, 0.2) is 5.78 Å². The minimum Gasteiger partial charge on any atom is -0.396 e. The van der Waals surface area contributed by atoms with Gasteiger partial charge in [0.2, 0.25) is 0 Å². The first-order valence-electron chi connectivity index (χ1n) is 4.53. The predicted molar refractivity (Wildman–Crippen MR) is 68.6 cm³/mol. The number of carbonyl (C=O) groups is 1. The van der Waals surface area contributed by atoms with Crippen molar-refractivity contribution in [3.8, 4) is 0 Å². The molecule has 0 amide bonds. The molecule has 17 heavy (non-hydrogen) atoms. The second-order valence-corrected chi connectivity index (χ2v) is 5.59. The first kappa shape index (κ1) is 12.4. The summed E-state index contributed by atoms with van der Waals surface area (Å²) in [4.78, 5) is 12.0. The Morgan fingerprint density at radius 2 is 2.00 bits per heavy atom. The average molecular weight is 290 g/mol. The molecule has 0 aliphatic heterocycles. The maximum absolute atomic E-state index is 13.2. The van der Waals surface area contributed by atoms with Crippen molar-refractivity contribution in [1.82, 2.24) is 0 Å². The summed E-state index contributed by atoms with van der Waals surface area (Å²) in [6.45, 7) is 0. The van der Waals surface area contributed by atoms with Crippen molar-refractivity contribution in [3.63, 3.8) is 0 Å². The van der Waals surface area contributed by atoms with Gasteiger partial charge in [0, 0.05) is 5.56 Å². The Labute approximate surface area is 111 Å². The van der Waals surface area contributed by atoms with Gasteiger partial charge in [-0.1, -0.05) is 23.2 Å². The third kappa shape index (κ3) is 2.44. The van der Waals surface area contributed by atoms with Gasteiger partial charge >= 0.3 is 0 Å². The van der Waals surface area contributed by atoms with E-state index in [0.29, 0.717) is 4.34 Å². The molecule has 0 fully saturated rings.